The van der Waals surface area contributed by atoms with Gasteiger partial charge in [-0.3, -0.25) is 9.89 Å². The van der Waals surface area contributed by atoms with Gasteiger partial charge in [0.15, 0.2) is 5.82 Å². The highest BCUT2D eigenvalue weighted by atomic mass is 16.1. The van der Waals surface area contributed by atoms with Crippen LogP contribution >= 0.6 is 0 Å². The molecule has 1 amide bonds. The maximum absolute atomic E-state index is 12.9. The zero-order valence-corrected chi connectivity index (χ0v) is 21.2. The Morgan fingerprint density at radius 2 is 1.97 bits per heavy atom. The van der Waals surface area contributed by atoms with Crippen molar-refractivity contribution < 1.29 is 4.79 Å². The van der Waals surface area contributed by atoms with Gasteiger partial charge in [0.1, 0.15) is 23.2 Å². The lowest BCUT2D eigenvalue weighted by molar-refractivity contribution is 0.102. The highest BCUT2D eigenvalue weighted by Gasteiger charge is 2.17. The van der Waals surface area contributed by atoms with Crippen LogP contribution in [0.1, 0.15) is 35.0 Å². The monoisotopic (exact) mass is 498 g/mol. The van der Waals surface area contributed by atoms with Gasteiger partial charge in [-0.1, -0.05) is 12.6 Å². The number of aryl methyl sites for hydroxylation is 1. The van der Waals surface area contributed by atoms with Crippen LogP contribution in [0.25, 0.3) is 16.6 Å². The lowest BCUT2D eigenvalue weighted by atomic mass is 10.1. The van der Waals surface area contributed by atoms with Crippen LogP contribution in [-0.4, -0.2) is 74.2 Å². The molecule has 1 aliphatic rings. The lowest BCUT2D eigenvalue weighted by Crippen LogP contribution is -2.30. The van der Waals surface area contributed by atoms with Crippen molar-refractivity contribution in [3.8, 4) is 0 Å². The number of aromatic nitrogens is 6. The van der Waals surface area contributed by atoms with E-state index in [1.807, 2.05) is 19.9 Å². The number of aromatic amines is 1. The molecule has 3 N–H and O–H groups in total. The van der Waals surface area contributed by atoms with E-state index in [9.17, 15) is 4.79 Å². The fourth-order valence-corrected chi connectivity index (χ4v) is 4.16. The fraction of sp³-hybridized carbons (Fsp3) is 0.308. The number of carbonyl (C=O) groups excluding carboxylic acids is 1. The molecule has 5 rings (SSSR count). The van der Waals surface area contributed by atoms with Crippen molar-refractivity contribution in [3.05, 3.63) is 60.2 Å². The summed E-state index contributed by atoms with van der Waals surface area (Å²) in [5.74, 6) is 1.46. The minimum atomic E-state index is -0.261. The number of nitrogens with zero attached hydrogens (tertiary/aromatic N) is 7. The van der Waals surface area contributed by atoms with Crippen molar-refractivity contribution in [1.82, 2.24) is 35.0 Å². The first-order chi connectivity index (χ1) is 17.9. The second-order valence-corrected chi connectivity index (χ2v) is 9.33. The number of hydrogen-bond acceptors (Lipinski definition) is 9. The molecule has 0 atom stereocenters. The topological polar surface area (TPSA) is 128 Å². The van der Waals surface area contributed by atoms with Gasteiger partial charge < -0.3 is 20.4 Å². The number of H-pyrrole nitrogens is 1. The van der Waals surface area contributed by atoms with Crippen LogP contribution in [0.5, 0.6) is 0 Å². The van der Waals surface area contributed by atoms with Crippen molar-refractivity contribution in [1.29, 1.82) is 0 Å². The van der Waals surface area contributed by atoms with Gasteiger partial charge >= 0.3 is 0 Å². The molecule has 37 heavy (non-hydrogen) atoms. The number of fused-ring (bicyclic) bond motifs is 1. The maximum atomic E-state index is 12.9. The number of amides is 1. The normalized spacial score (nSPS) is 14.4. The first-order valence-electron chi connectivity index (χ1n) is 12.2. The Morgan fingerprint density at radius 1 is 1.11 bits per heavy atom. The summed E-state index contributed by atoms with van der Waals surface area (Å²) in [6, 6.07) is 7.21. The highest BCUT2D eigenvalue weighted by Crippen LogP contribution is 2.26. The largest absolute Gasteiger partial charge is 0.339 e. The van der Waals surface area contributed by atoms with E-state index < -0.39 is 0 Å². The average Bonchev–Trinajstić information content (AvgIpc) is 3.25. The molecule has 0 spiro atoms. The molecule has 11 heteroatoms. The molecule has 0 unspecified atom stereocenters. The second-order valence-electron chi connectivity index (χ2n) is 9.33. The van der Waals surface area contributed by atoms with E-state index in [0.717, 1.165) is 49.4 Å². The van der Waals surface area contributed by atoms with Crippen molar-refractivity contribution in [2.75, 3.05) is 48.8 Å². The predicted octanol–water partition coefficient (Wildman–Crippen LogP) is 3.62. The molecular formula is C26H30N10O. The minimum absolute atomic E-state index is 0.261. The molecule has 11 nitrogen and oxygen atoms in total. The summed E-state index contributed by atoms with van der Waals surface area (Å²) in [5, 5.41) is 13.2. The first-order valence-corrected chi connectivity index (χ1v) is 12.2. The summed E-state index contributed by atoms with van der Waals surface area (Å²) < 4.78 is 0. The summed E-state index contributed by atoms with van der Waals surface area (Å²) in [6.45, 7) is 11.5. The Hall–Kier alpha value is -4.38. The third kappa shape index (κ3) is 5.41. The molecular weight excluding hydrogens is 468 g/mol. The van der Waals surface area contributed by atoms with E-state index >= 15 is 0 Å². The third-order valence-corrected chi connectivity index (χ3v) is 6.38. The van der Waals surface area contributed by atoms with E-state index in [1.165, 1.54) is 6.33 Å². The lowest BCUT2D eigenvalue weighted by Gasteiger charge is -2.20. The molecule has 1 saturated heterocycles. The number of carbonyl (C=O) groups is 1. The smallest absolute Gasteiger partial charge is 0.256 e. The number of benzene rings is 1. The number of likely N-dealkylation sites (N-methyl/N-ethyl adjacent to an activating group) is 1. The van der Waals surface area contributed by atoms with Crippen LogP contribution < -0.4 is 15.5 Å². The molecule has 0 aliphatic carbocycles. The Balaban J connectivity index is 1.40. The number of allylic oxidation sites excluding steroid dienone is 1. The van der Waals surface area contributed by atoms with Crippen molar-refractivity contribution in [2.24, 2.45) is 0 Å². The summed E-state index contributed by atoms with van der Waals surface area (Å²) in [5.41, 5.74) is 4.98. The molecule has 1 aliphatic heterocycles. The number of nitrogens with one attached hydrogen (secondary N) is 3. The quantitative estimate of drug-likeness (QED) is 0.365. The van der Waals surface area contributed by atoms with Crippen molar-refractivity contribution >= 4 is 45.8 Å². The van der Waals surface area contributed by atoms with Gasteiger partial charge in [0, 0.05) is 37.0 Å². The molecule has 1 fully saturated rings. The van der Waals surface area contributed by atoms with Gasteiger partial charge in [0.25, 0.3) is 5.91 Å². The maximum Gasteiger partial charge on any atom is 0.256 e. The van der Waals surface area contributed by atoms with Gasteiger partial charge in [0.2, 0.25) is 5.95 Å². The zero-order valence-electron chi connectivity index (χ0n) is 21.2. The summed E-state index contributed by atoms with van der Waals surface area (Å²) in [7, 11) is 2.13. The molecule has 0 bridgehead atoms. The molecule has 190 valence electrons. The van der Waals surface area contributed by atoms with Gasteiger partial charge in [-0.05, 0) is 57.1 Å². The van der Waals surface area contributed by atoms with Crippen LogP contribution in [0.2, 0.25) is 0 Å². The summed E-state index contributed by atoms with van der Waals surface area (Å²) >= 11 is 0. The third-order valence-electron chi connectivity index (χ3n) is 6.38. The van der Waals surface area contributed by atoms with E-state index in [2.05, 4.69) is 59.2 Å². The van der Waals surface area contributed by atoms with E-state index in [-0.39, 0.29) is 5.91 Å². The van der Waals surface area contributed by atoms with Gasteiger partial charge in [-0.15, -0.1) is 0 Å². The Kier molecular flexibility index (Phi) is 6.78. The Labute approximate surface area is 215 Å². The van der Waals surface area contributed by atoms with E-state index in [1.54, 1.807) is 24.4 Å². The molecule has 0 radical (unpaired) electrons. The van der Waals surface area contributed by atoms with Crippen LogP contribution in [0.3, 0.4) is 0 Å². The SMILES string of the molecule is C=C(C)c1cc(NC(=O)c2ccc(C)c(Nc3ncnc4cnc(N5CCCN(C)CC5)nc34)c2)[nH]n1. The fourth-order valence-electron chi connectivity index (χ4n) is 4.16. The Bertz CT molecular complexity index is 1460. The molecule has 4 aromatic rings. The Morgan fingerprint density at radius 3 is 2.78 bits per heavy atom. The van der Waals surface area contributed by atoms with Crippen LogP contribution in [-0.2, 0) is 0 Å². The number of anilines is 4. The number of hydrogen-bond donors (Lipinski definition) is 3. The van der Waals surface area contributed by atoms with Gasteiger partial charge in [0.05, 0.1) is 11.9 Å². The molecule has 3 aromatic heterocycles. The number of rotatable bonds is 6. The first kappa shape index (κ1) is 24.3. The zero-order chi connectivity index (χ0) is 25.9. The van der Waals surface area contributed by atoms with Crippen LogP contribution in [0.4, 0.5) is 23.3 Å². The van der Waals surface area contributed by atoms with Gasteiger partial charge in [-0.25, -0.2) is 19.9 Å². The van der Waals surface area contributed by atoms with Crippen molar-refractivity contribution in [3.63, 3.8) is 0 Å². The molecule has 4 heterocycles. The summed E-state index contributed by atoms with van der Waals surface area (Å²) in [4.78, 5) is 35.6. The van der Waals surface area contributed by atoms with E-state index in [4.69, 9.17) is 4.98 Å². The standard InChI is InChI=1S/C26H30N10O/c1-16(2)19-13-22(34-33-19)31-25(37)18-7-6-17(3)20(12-18)30-24-23-21(28-15-29-24)14-27-26(32-23)36-9-5-8-35(4)10-11-36/h6-7,12-15H,1,5,8-11H2,2-4H3,(H,28,29,30)(H2,31,33,34,37). The second kappa shape index (κ2) is 10.3. The van der Waals surface area contributed by atoms with E-state index in [0.29, 0.717) is 39.9 Å². The minimum Gasteiger partial charge on any atom is -0.339 e. The predicted molar refractivity (Wildman–Crippen MR) is 145 cm³/mol. The molecule has 1 aromatic carbocycles. The van der Waals surface area contributed by atoms with Crippen LogP contribution in [0, 0.1) is 6.92 Å². The summed E-state index contributed by atoms with van der Waals surface area (Å²) in [6.07, 6.45) is 4.27. The van der Waals surface area contributed by atoms with Crippen molar-refractivity contribution in [2.45, 2.75) is 20.3 Å². The molecule has 0 saturated carbocycles. The van der Waals surface area contributed by atoms with Crippen LogP contribution in [0.15, 0.2) is 43.4 Å². The highest BCUT2D eigenvalue weighted by molar-refractivity contribution is 6.04. The average molecular weight is 499 g/mol. The van der Waals surface area contributed by atoms with Gasteiger partial charge in [-0.2, -0.15) is 5.10 Å².